The van der Waals surface area contributed by atoms with Gasteiger partial charge in [0.2, 0.25) is 0 Å². The van der Waals surface area contributed by atoms with E-state index in [0.29, 0.717) is 12.1 Å². The second kappa shape index (κ2) is 8.58. The Labute approximate surface area is 174 Å². The molecule has 4 N–H and O–H groups in total. The van der Waals surface area contributed by atoms with Crippen LogP contribution in [0.4, 0.5) is 0 Å². The fourth-order valence-corrected chi connectivity index (χ4v) is 9.38. The Morgan fingerprint density at radius 2 is 0.643 bits per heavy atom. The zero-order valence-corrected chi connectivity index (χ0v) is 18.2. The molecule has 5 fully saturated rings. The lowest BCUT2D eigenvalue weighted by molar-refractivity contribution is -0.112. The molecule has 2 nitrogen and oxygen atoms in total. The predicted molar refractivity (Wildman–Crippen MR) is 118 cm³/mol. The van der Waals surface area contributed by atoms with Gasteiger partial charge in [-0.3, -0.25) is 0 Å². The van der Waals surface area contributed by atoms with E-state index in [-0.39, 0.29) is 0 Å². The van der Waals surface area contributed by atoms with Gasteiger partial charge in [0.1, 0.15) is 0 Å². The molecule has 0 spiro atoms. The molecule has 5 aliphatic rings. The van der Waals surface area contributed by atoms with E-state index in [4.69, 9.17) is 11.5 Å². The van der Waals surface area contributed by atoms with Crippen LogP contribution in [0.1, 0.15) is 103 Å². The minimum absolute atomic E-state index is 0.503. The van der Waals surface area contributed by atoms with Gasteiger partial charge in [-0.15, -0.1) is 0 Å². The van der Waals surface area contributed by atoms with Crippen LogP contribution >= 0.6 is 0 Å². The molecule has 5 saturated carbocycles. The second-order valence-corrected chi connectivity index (χ2v) is 11.7. The molecular weight excluding hydrogens is 340 g/mol. The molecule has 5 aliphatic carbocycles. The van der Waals surface area contributed by atoms with Crippen molar-refractivity contribution in [2.45, 2.75) is 115 Å². The van der Waals surface area contributed by atoms with Crippen LogP contribution in [0.2, 0.25) is 0 Å². The third kappa shape index (κ3) is 3.70. The Morgan fingerprint density at radius 1 is 0.357 bits per heavy atom. The van der Waals surface area contributed by atoms with Crippen LogP contribution in [0.5, 0.6) is 0 Å². The molecule has 0 heterocycles. The van der Waals surface area contributed by atoms with Crippen molar-refractivity contribution < 1.29 is 0 Å². The SMILES string of the molecule is NC1CCC(C2C3CCCCC3C(C3CCC(N)CC3)C3CCCCC32)CC1. The molecule has 28 heavy (non-hydrogen) atoms. The van der Waals surface area contributed by atoms with Crippen molar-refractivity contribution in [3.63, 3.8) is 0 Å². The summed E-state index contributed by atoms with van der Waals surface area (Å²) in [6.45, 7) is 0. The van der Waals surface area contributed by atoms with E-state index in [0.717, 1.165) is 47.3 Å². The standard InChI is InChI=1S/C26H46N2/c27-19-13-9-17(10-14-19)25-21-5-1-2-6-22(21)26(18-11-15-20(28)16-12-18)24-8-4-3-7-23(24)25/h17-26H,1-16,27-28H2. The third-order valence-electron chi connectivity index (χ3n) is 10.4. The first-order valence-corrected chi connectivity index (χ1v) is 13.2. The molecule has 0 saturated heterocycles. The lowest BCUT2D eigenvalue weighted by Crippen LogP contribution is -2.54. The summed E-state index contributed by atoms with van der Waals surface area (Å²) in [4.78, 5) is 0. The molecule has 0 aromatic carbocycles. The summed E-state index contributed by atoms with van der Waals surface area (Å²) in [7, 11) is 0. The maximum atomic E-state index is 6.31. The van der Waals surface area contributed by atoms with Crippen molar-refractivity contribution >= 4 is 0 Å². The van der Waals surface area contributed by atoms with Gasteiger partial charge in [0, 0.05) is 12.1 Å². The Hall–Kier alpha value is -0.0800. The average Bonchev–Trinajstić information content (AvgIpc) is 2.74. The molecular formula is C26H46N2. The second-order valence-electron chi connectivity index (χ2n) is 11.7. The lowest BCUT2D eigenvalue weighted by atomic mass is 9.45. The van der Waals surface area contributed by atoms with E-state index < -0.39 is 0 Å². The van der Waals surface area contributed by atoms with E-state index in [2.05, 4.69) is 0 Å². The molecule has 2 heteroatoms. The van der Waals surface area contributed by atoms with Gasteiger partial charge in [0.25, 0.3) is 0 Å². The van der Waals surface area contributed by atoms with Crippen LogP contribution in [0.3, 0.4) is 0 Å². The highest BCUT2D eigenvalue weighted by Crippen LogP contribution is 2.61. The van der Waals surface area contributed by atoms with Crippen LogP contribution < -0.4 is 11.5 Å². The number of hydrogen-bond donors (Lipinski definition) is 2. The van der Waals surface area contributed by atoms with E-state index >= 15 is 0 Å². The Bertz CT molecular complexity index is 433. The van der Waals surface area contributed by atoms with Crippen molar-refractivity contribution in [1.29, 1.82) is 0 Å². The zero-order valence-electron chi connectivity index (χ0n) is 18.2. The molecule has 5 rings (SSSR count). The summed E-state index contributed by atoms with van der Waals surface area (Å²) in [6.07, 6.45) is 23.3. The zero-order chi connectivity index (χ0) is 19.1. The van der Waals surface area contributed by atoms with Crippen LogP contribution in [0.15, 0.2) is 0 Å². The van der Waals surface area contributed by atoms with Crippen LogP contribution in [-0.2, 0) is 0 Å². The van der Waals surface area contributed by atoms with E-state index in [1.54, 1.807) is 25.7 Å². The summed E-state index contributed by atoms with van der Waals surface area (Å²) in [5.74, 6) is 8.39. The molecule has 4 unspecified atom stereocenters. The van der Waals surface area contributed by atoms with Crippen molar-refractivity contribution in [3.8, 4) is 0 Å². The van der Waals surface area contributed by atoms with Crippen LogP contribution in [0.25, 0.3) is 0 Å². The molecule has 0 aromatic rings. The minimum Gasteiger partial charge on any atom is -0.328 e. The molecule has 0 amide bonds. The monoisotopic (exact) mass is 386 g/mol. The molecule has 0 aromatic heterocycles. The summed E-state index contributed by atoms with van der Waals surface area (Å²) in [5, 5.41) is 0. The average molecular weight is 387 g/mol. The van der Waals surface area contributed by atoms with E-state index in [1.165, 1.54) is 77.0 Å². The lowest BCUT2D eigenvalue weighted by Gasteiger charge is -2.60. The molecule has 4 atom stereocenters. The van der Waals surface area contributed by atoms with Gasteiger partial charge in [0.05, 0.1) is 0 Å². The maximum Gasteiger partial charge on any atom is 0.00390 e. The number of nitrogens with two attached hydrogens (primary N) is 2. The molecule has 0 aliphatic heterocycles. The molecule has 0 bridgehead atoms. The van der Waals surface area contributed by atoms with Gasteiger partial charge in [-0.2, -0.15) is 0 Å². The summed E-state index contributed by atoms with van der Waals surface area (Å²) >= 11 is 0. The van der Waals surface area contributed by atoms with Gasteiger partial charge in [0.15, 0.2) is 0 Å². The minimum atomic E-state index is 0.503. The van der Waals surface area contributed by atoms with Crippen LogP contribution in [-0.4, -0.2) is 12.1 Å². The van der Waals surface area contributed by atoms with Crippen molar-refractivity contribution in [3.05, 3.63) is 0 Å². The quantitative estimate of drug-likeness (QED) is 0.622. The van der Waals surface area contributed by atoms with E-state index in [9.17, 15) is 0 Å². The summed E-state index contributed by atoms with van der Waals surface area (Å²) < 4.78 is 0. The Morgan fingerprint density at radius 3 is 0.929 bits per heavy atom. The number of hydrogen-bond acceptors (Lipinski definition) is 2. The maximum absolute atomic E-state index is 6.31. The first-order chi connectivity index (χ1) is 13.7. The molecule has 0 radical (unpaired) electrons. The highest BCUT2D eigenvalue weighted by Gasteiger charge is 2.54. The Kier molecular flexibility index (Phi) is 6.08. The highest BCUT2D eigenvalue weighted by molar-refractivity contribution is 5.03. The fourth-order valence-electron chi connectivity index (χ4n) is 9.38. The summed E-state index contributed by atoms with van der Waals surface area (Å²) in [6, 6.07) is 1.01. The summed E-state index contributed by atoms with van der Waals surface area (Å²) in [5.41, 5.74) is 12.6. The van der Waals surface area contributed by atoms with Gasteiger partial charge in [-0.1, -0.05) is 25.7 Å². The van der Waals surface area contributed by atoms with Crippen LogP contribution in [0, 0.1) is 47.3 Å². The molecule has 160 valence electrons. The first kappa shape index (κ1) is 19.9. The first-order valence-electron chi connectivity index (χ1n) is 13.2. The van der Waals surface area contributed by atoms with Crippen molar-refractivity contribution in [2.24, 2.45) is 58.8 Å². The number of fused-ring (bicyclic) bond motifs is 2. The van der Waals surface area contributed by atoms with Gasteiger partial charge in [-0.05, 0) is 124 Å². The smallest absolute Gasteiger partial charge is 0.00390 e. The third-order valence-corrected chi connectivity index (χ3v) is 10.4. The number of rotatable bonds is 2. The van der Waals surface area contributed by atoms with Crippen molar-refractivity contribution in [2.75, 3.05) is 0 Å². The van der Waals surface area contributed by atoms with Gasteiger partial charge < -0.3 is 11.5 Å². The highest BCUT2D eigenvalue weighted by atomic mass is 14.7. The van der Waals surface area contributed by atoms with Crippen molar-refractivity contribution in [1.82, 2.24) is 0 Å². The van der Waals surface area contributed by atoms with Gasteiger partial charge >= 0.3 is 0 Å². The fraction of sp³-hybridized carbons (Fsp3) is 1.00. The van der Waals surface area contributed by atoms with Gasteiger partial charge in [-0.25, -0.2) is 0 Å². The Balaban J connectivity index is 1.43. The predicted octanol–water partition coefficient (Wildman–Crippen LogP) is 5.88. The normalized spacial score (nSPS) is 52.5. The topological polar surface area (TPSA) is 52.0 Å². The largest absolute Gasteiger partial charge is 0.328 e. The van der Waals surface area contributed by atoms with E-state index in [1.807, 2.05) is 0 Å².